The predicted octanol–water partition coefficient (Wildman–Crippen LogP) is 4.22. The van der Waals surface area contributed by atoms with Gasteiger partial charge in [-0.15, -0.1) is 0 Å². The van der Waals surface area contributed by atoms with Crippen LogP contribution in [0.3, 0.4) is 0 Å². The van der Waals surface area contributed by atoms with E-state index in [-0.39, 0.29) is 0 Å². The average Bonchev–Trinajstić information content (AvgIpc) is 3.06. The number of nitrogens with zero attached hydrogens (tertiary/aromatic N) is 2. The monoisotopic (exact) mass is 312 g/mol. The van der Waals surface area contributed by atoms with Gasteiger partial charge >= 0.3 is 0 Å². The number of hydrogen-bond acceptors (Lipinski definition) is 2. The lowest BCUT2D eigenvalue weighted by Crippen LogP contribution is -2.39. The molecule has 1 aromatic heterocycles. The lowest BCUT2D eigenvalue weighted by molar-refractivity contribution is 0.132. The SMILES string of the molecule is C[C@H]1C[C@H](C)CN(CCCOc2ccc(-n3cccc3)cc2)C1. The third kappa shape index (κ3) is 4.61. The van der Waals surface area contributed by atoms with Crippen LogP contribution in [0.5, 0.6) is 5.75 Å². The van der Waals surface area contributed by atoms with Crippen molar-refractivity contribution in [3.8, 4) is 11.4 Å². The van der Waals surface area contributed by atoms with E-state index in [9.17, 15) is 0 Å². The van der Waals surface area contributed by atoms with Crippen molar-refractivity contribution in [3.63, 3.8) is 0 Å². The molecule has 1 aliphatic heterocycles. The van der Waals surface area contributed by atoms with E-state index in [2.05, 4.69) is 60.0 Å². The third-order valence-corrected chi connectivity index (χ3v) is 4.57. The highest BCUT2D eigenvalue weighted by molar-refractivity contribution is 5.37. The predicted molar refractivity (Wildman–Crippen MR) is 95.3 cm³/mol. The van der Waals surface area contributed by atoms with Gasteiger partial charge in [0.2, 0.25) is 0 Å². The highest BCUT2D eigenvalue weighted by Gasteiger charge is 2.20. The Morgan fingerprint density at radius 2 is 1.65 bits per heavy atom. The van der Waals surface area contributed by atoms with Gasteiger partial charge in [-0.3, -0.25) is 0 Å². The molecule has 0 radical (unpaired) electrons. The molecule has 2 aromatic rings. The molecule has 2 heterocycles. The van der Waals surface area contributed by atoms with Crippen molar-refractivity contribution in [2.24, 2.45) is 11.8 Å². The summed E-state index contributed by atoms with van der Waals surface area (Å²) in [6, 6.07) is 12.4. The number of piperidine rings is 1. The smallest absolute Gasteiger partial charge is 0.119 e. The molecule has 0 saturated carbocycles. The molecule has 0 unspecified atom stereocenters. The average molecular weight is 312 g/mol. The molecular weight excluding hydrogens is 284 g/mol. The van der Waals surface area contributed by atoms with Crippen molar-refractivity contribution in [1.82, 2.24) is 9.47 Å². The Morgan fingerprint density at radius 1 is 1.00 bits per heavy atom. The molecule has 3 heteroatoms. The first-order valence-electron chi connectivity index (χ1n) is 8.79. The van der Waals surface area contributed by atoms with Crippen LogP contribution in [0.15, 0.2) is 48.8 Å². The van der Waals surface area contributed by atoms with Gasteiger partial charge < -0.3 is 14.2 Å². The second kappa shape index (κ2) is 7.69. The number of likely N-dealkylation sites (tertiary alicyclic amines) is 1. The summed E-state index contributed by atoms with van der Waals surface area (Å²) in [5.41, 5.74) is 1.17. The van der Waals surface area contributed by atoms with Gasteiger partial charge in [0.05, 0.1) is 6.61 Å². The van der Waals surface area contributed by atoms with Crippen molar-refractivity contribution in [3.05, 3.63) is 48.8 Å². The van der Waals surface area contributed by atoms with E-state index < -0.39 is 0 Å². The second-order valence-electron chi connectivity index (χ2n) is 6.99. The van der Waals surface area contributed by atoms with Crippen molar-refractivity contribution < 1.29 is 4.74 Å². The summed E-state index contributed by atoms with van der Waals surface area (Å²) in [7, 11) is 0. The molecule has 0 spiro atoms. The first-order chi connectivity index (χ1) is 11.2. The molecular formula is C20H28N2O. The van der Waals surface area contributed by atoms with Crippen LogP contribution in [-0.4, -0.2) is 35.7 Å². The molecule has 3 rings (SSSR count). The van der Waals surface area contributed by atoms with Gasteiger partial charge in [-0.25, -0.2) is 0 Å². The minimum atomic E-state index is 0.794. The number of ether oxygens (including phenoxy) is 1. The zero-order chi connectivity index (χ0) is 16.1. The van der Waals surface area contributed by atoms with Crippen LogP contribution in [0.2, 0.25) is 0 Å². The maximum Gasteiger partial charge on any atom is 0.119 e. The number of aromatic nitrogens is 1. The molecule has 3 nitrogen and oxygen atoms in total. The summed E-state index contributed by atoms with van der Waals surface area (Å²) < 4.78 is 7.99. The maximum atomic E-state index is 5.89. The molecule has 23 heavy (non-hydrogen) atoms. The fourth-order valence-corrected chi connectivity index (χ4v) is 3.67. The molecule has 0 aliphatic carbocycles. The first-order valence-corrected chi connectivity index (χ1v) is 8.79. The second-order valence-corrected chi connectivity index (χ2v) is 6.99. The summed E-state index contributed by atoms with van der Waals surface area (Å²) in [4.78, 5) is 2.59. The fourth-order valence-electron chi connectivity index (χ4n) is 3.67. The van der Waals surface area contributed by atoms with Crippen molar-refractivity contribution in [1.29, 1.82) is 0 Å². The highest BCUT2D eigenvalue weighted by atomic mass is 16.5. The Balaban J connectivity index is 1.40. The van der Waals surface area contributed by atoms with Gasteiger partial charge in [0.25, 0.3) is 0 Å². The highest BCUT2D eigenvalue weighted by Crippen LogP contribution is 2.21. The number of hydrogen-bond donors (Lipinski definition) is 0. The van der Waals surface area contributed by atoms with Crippen molar-refractivity contribution in [2.75, 3.05) is 26.2 Å². The third-order valence-electron chi connectivity index (χ3n) is 4.57. The van der Waals surface area contributed by atoms with Crippen LogP contribution in [0, 0.1) is 11.8 Å². The van der Waals surface area contributed by atoms with E-state index >= 15 is 0 Å². The lowest BCUT2D eigenvalue weighted by atomic mass is 9.92. The quantitative estimate of drug-likeness (QED) is 0.743. The largest absolute Gasteiger partial charge is 0.494 e. The molecule has 0 N–H and O–H groups in total. The molecule has 1 aromatic carbocycles. The van der Waals surface area contributed by atoms with Gasteiger partial charge in [0.15, 0.2) is 0 Å². The summed E-state index contributed by atoms with van der Waals surface area (Å²) in [5.74, 6) is 2.63. The Labute approximate surface area is 139 Å². The summed E-state index contributed by atoms with van der Waals surface area (Å²) in [5, 5.41) is 0. The van der Waals surface area contributed by atoms with Gasteiger partial charge in [0.1, 0.15) is 5.75 Å². The van der Waals surface area contributed by atoms with Gasteiger partial charge in [-0.05, 0) is 61.1 Å². The Kier molecular flexibility index (Phi) is 5.39. The van der Waals surface area contributed by atoms with Crippen molar-refractivity contribution >= 4 is 0 Å². The standard InChI is InChI=1S/C20H28N2O/c1-17-14-18(2)16-21(15-17)10-5-13-23-20-8-6-19(7-9-20)22-11-3-4-12-22/h3-4,6-9,11-12,17-18H,5,10,13-16H2,1-2H3/t17-,18-/m0/s1. The molecule has 0 bridgehead atoms. The minimum Gasteiger partial charge on any atom is -0.494 e. The van der Waals surface area contributed by atoms with Crippen LogP contribution in [0.1, 0.15) is 26.7 Å². The van der Waals surface area contributed by atoms with E-state index in [1.54, 1.807) is 0 Å². The van der Waals surface area contributed by atoms with Gasteiger partial charge in [-0.1, -0.05) is 13.8 Å². The van der Waals surface area contributed by atoms with E-state index in [1.165, 1.54) is 25.2 Å². The van der Waals surface area contributed by atoms with E-state index in [1.807, 2.05) is 12.1 Å². The topological polar surface area (TPSA) is 17.4 Å². The fraction of sp³-hybridized carbons (Fsp3) is 0.500. The zero-order valence-corrected chi connectivity index (χ0v) is 14.3. The van der Waals surface area contributed by atoms with Crippen LogP contribution in [0.4, 0.5) is 0 Å². The molecule has 1 aliphatic rings. The van der Waals surface area contributed by atoms with Crippen LogP contribution >= 0.6 is 0 Å². The lowest BCUT2D eigenvalue weighted by Gasteiger charge is -2.34. The Bertz CT molecular complexity index is 566. The van der Waals surface area contributed by atoms with Crippen molar-refractivity contribution in [2.45, 2.75) is 26.7 Å². The normalized spacial score (nSPS) is 22.2. The van der Waals surface area contributed by atoms with Crippen LogP contribution in [-0.2, 0) is 0 Å². The van der Waals surface area contributed by atoms with Gasteiger partial charge in [-0.2, -0.15) is 0 Å². The first kappa shape index (κ1) is 16.1. The number of benzene rings is 1. The van der Waals surface area contributed by atoms with E-state index in [0.29, 0.717) is 0 Å². The molecule has 1 saturated heterocycles. The van der Waals surface area contributed by atoms with E-state index in [4.69, 9.17) is 4.74 Å². The summed E-state index contributed by atoms with van der Waals surface area (Å²) in [6.07, 6.45) is 6.58. The maximum absolute atomic E-state index is 5.89. The minimum absolute atomic E-state index is 0.794. The van der Waals surface area contributed by atoms with Crippen LogP contribution < -0.4 is 4.74 Å². The molecule has 1 fully saturated rings. The summed E-state index contributed by atoms with van der Waals surface area (Å²) >= 11 is 0. The molecule has 124 valence electrons. The van der Waals surface area contributed by atoms with Crippen LogP contribution in [0.25, 0.3) is 5.69 Å². The molecule has 0 amide bonds. The van der Waals surface area contributed by atoms with E-state index in [0.717, 1.165) is 37.2 Å². The molecule has 2 atom stereocenters. The zero-order valence-electron chi connectivity index (χ0n) is 14.3. The number of rotatable bonds is 6. The van der Waals surface area contributed by atoms with Gasteiger partial charge in [0, 0.05) is 37.7 Å². The summed E-state index contributed by atoms with van der Waals surface area (Å²) in [6.45, 7) is 9.17. The Hall–Kier alpha value is -1.74. The Morgan fingerprint density at radius 3 is 2.30 bits per heavy atom.